The first-order valence-corrected chi connectivity index (χ1v) is 9.87. The van der Waals surface area contributed by atoms with Crippen molar-refractivity contribution in [3.8, 4) is 0 Å². The fourth-order valence-electron chi connectivity index (χ4n) is 4.00. The number of hydrogen-bond acceptors (Lipinski definition) is 4. The lowest BCUT2D eigenvalue weighted by Crippen LogP contribution is -2.47. The van der Waals surface area contributed by atoms with Crippen LogP contribution in [-0.4, -0.2) is 56.1 Å². The van der Waals surface area contributed by atoms with Crippen molar-refractivity contribution in [2.75, 3.05) is 49.5 Å². The number of piperazine rings is 1. The lowest BCUT2D eigenvalue weighted by Gasteiger charge is -2.36. The molecule has 3 fully saturated rings. The van der Waals surface area contributed by atoms with Gasteiger partial charge in [0.05, 0.1) is 0 Å². The fourth-order valence-corrected chi connectivity index (χ4v) is 4.00. The van der Waals surface area contributed by atoms with Gasteiger partial charge in [-0.25, -0.2) is 0 Å². The molecule has 1 unspecified atom stereocenters. The molecular formula is C20H30N4O. The highest BCUT2D eigenvalue weighted by Crippen LogP contribution is 2.30. The third kappa shape index (κ3) is 4.73. The van der Waals surface area contributed by atoms with E-state index in [0.717, 1.165) is 50.7 Å². The number of rotatable bonds is 6. The van der Waals surface area contributed by atoms with Crippen molar-refractivity contribution in [1.82, 2.24) is 10.2 Å². The molecule has 1 saturated carbocycles. The third-order valence-corrected chi connectivity index (χ3v) is 5.67. The molecule has 0 spiro atoms. The van der Waals surface area contributed by atoms with Gasteiger partial charge in [0.15, 0.2) is 0 Å². The molecule has 1 atom stereocenters. The van der Waals surface area contributed by atoms with E-state index in [1.807, 2.05) is 6.07 Å². The number of hydrogen-bond donors (Lipinski definition) is 2. The van der Waals surface area contributed by atoms with Crippen LogP contribution in [0, 0.1) is 5.92 Å². The summed E-state index contributed by atoms with van der Waals surface area (Å²) in [5.41, 5.74) is 2.14. The Morgan fingerprint density at radius 1 is 1.16 bits per heavy atom. The van der Waals surface area contributed by atoms with Crippen molar-refractivity contribution < 1.29 is 4.79 Å². The lowest BCUT2D eigenvalue weighted by atomic mass is 10.1. The van der Waals surface area contributed by atoms with Crippen molar-refractivity contribution in [3.63, 3.8) is 0 Å². The van der Waals surface area contributed by atoms with Crippen LogP contribution in [0.3, 0.4) is 0 Å². The summed E-state index contributed by atoms with van der Waals surface area (Å²) in [5.74, 6) is 1.09. The van der Waals surface area contributed by atoms with Crippen molar-refractivity contribution >= 4 is 17.3 Å². The number of carbonyl (C=O) groups excluding carboxylic acids is 1. The van der Waals surface area contributed by atoms with E-state index in [-0.39, 0.29) is 5.91 Å². The molecule has 5 heteroatoms. The number of nitrogens with zero attached hydrogens (tertiary/aromatic N) is 2. The van der Waals surface area contributed by atoms with Crippen LogP contribution in [0.4, 0.5) is 11.4 Å². The van der Waals surface area contributed by atoms with Crippen LogP contribution in [0.5, 0.6) is 0 Å². The van der Waals surface area contributed by atoms with Crippen LogP contribution < -0.4 is 15.5 Å². The zero-order chi connectivity index (χ0) is 17.1. The van der Waals surface area contributed by atoms with E-state index in [4.69, 9.17) is 0 Å². The van der Waals surface area contributed by atoms with Crippen molar-refractivity contribution in [2.24, 2.45) is 5.92 Å². The molecule has 1 aliphatic carbocycles. The Hall–Kier alpha value is -1.59. The zero-order valence-corrected chi connectivity index (χ0v) is 15.0. The summed E-state index contributed by atoms with van der Waals surface area (Å²) in [6, 6.07) is 8.67. The molecule has 2 saturated heterocycles. The maximum Gasteiger partial charge on any atom is 0.225 e. The van der Waals surface area contributed by atoms with Crippen LogP contribution in [0.25, 0.3) is 0 Å². The first-order valence-electron chi connectivity index (χ1n) is 9.87. The molecule has 1 amide bonds. The molecule has 3 aliphatic rings. The van der Waals surface area contributed by atoms with E-state index in [2.05, 4.69) is 38.6 Å². The molecular weight excluding hydrogens is 312 g/mol. The minimum Gasteiger partial charge on any atom is -0.369 e. The zero-order valence-electron chi connectivity index (χ0n) is 15.0. The largest absolute Gasteiger partial charge is 0.369 e. The van der Waals surface area contributed by atoms with E-state index in [9.17, 15) is 4.79 Å². The highest BCUT2D eigenvalue weighted by molar-refractivity contribution is 5.91. The van der Waals surface area contributed by atoms with Gasteiger partial charge in [-0.3, -0.25) is 9.69 Å². The summed E-state index contributed by atoms with van der Waals surface area (Å²) in [6.45, 7) is 6.80. The third-order valence-electron chi connectivity index (χ3n) is 5.67. The van der Waals surface area contributed by atoms with Gasteiger partial charge in [-0.1, -0.05) is 6.07 Å². The maximum atomic E-state index is 12.2. The summed E-state index contributed by atoms with van der Waals surface area (Å²) < 4.78 is 0. The van der Waals surface area contributed by atoms with E-state index in [1.54, 1.807) is 0 Å². The number of benzene rings is 1. The lowest BCUT2D eigenvalue weighted by molar-refractivity contribution is -0.116. The van der Waals surface area contributed by atoms with E-state index < -0.39 is 0 Å². The number of nitrogens with one attached hydrogen (secondary N) is 2. The first-order chi connectivity index (χ1) is 12.3. The van der Waals surface area contributed by atoms with Gasteiger partial charge in [0.2, 0.25) is 5.91 Å². The topological polar surface area (TPSA) is 47.6 Å². The minimum absolute atomic E-state index is 0.116. The second kappa shape index (κ2) is 7.75. The standard InChI is InChI=1S/C20H30N4O/c25-20(14-17-4-2-8-21-17)22-18-3-1-5-19(13-18)24-11-9-23(10-12-24)15-16-6-7-16/h1,3,5,13,16-17,21H,2,4,6-12,14-15H2,(H,22,25). The van der Waals surface area contributed by atoms with Crippen LogP contribution >= 0.6 is 0 Å². The predicted octanol–water partition coefficient (Wildman–Crippen LogP) is 2.30. The summed E-state index contributed by atoms with van der Waals surface area (Å²) in [4.78, 5) is 17.3. The second-order valence-corrected chi connectivity index (χ2v) is 7.83. The smallest absolute Gasteiger partial charge is 0.225 e. The van der Waals surface area contributed by atoms with Crippen molar-refractivity contribution in [2.45, 2.75) is 38.1 Å². The quantitative estimate of drug-likeness (QED) is 0.833. The monoisotopic (exact) mass is 342 g/mol. The molecule has 1 aromatic carbocycles. The Kier molecular flexibility index (Phi) is 5.22. The Balaban J connectivity index is 1.29. The van der Waals surface area contributed by atoms with Crippen molar-refractivity contribution in [1.29, 1.82) is 0 Å². The molecule has 2 aliphatic heterocycles. The number of anilines is 2. The molecule has 136 valence electrons. The molecule has 2 heterocycles. The van der Waals surface area contributed by atoms with Gasteiger partial charge < -0.3 is 15.5 Å². The SMILES string of the molecule is O=C(CC1CCCN1)Nc1cccc(N2CCN(CC3CC3)CC2)c1. The average molecular weight is 342 g/mol. The summed E-state index contributed by atoms with van der Waals surface area (Å²) >= 11 is 0. The normalized spacial score (nSPS) is 24.5. The molecule has 0 aromatic heterocycles. The molecule has 4 rings (SSSR count). The second-order valence-electron chi connectivity index (χ2n) is 7.83. The number of carbonyl (C=O) groups is 1. The van der Waals surface area contributed by atoms with Crippen LogP contribution in [-0.2, 0) is 4.79 Å². The van der Waals surface area contributed by atoms with E-state index in [0.29, 0.717) is 12.5 Å². The predicted molar refractivity (Wildman–Crippen MR) is 102 cm³/mol. The molecule has 0 bridgehead atoms. The molecule has 25 heavy (non-hydrogen) atoms. The highest BCUT2D eigenvalue weighted by atomic mass is 16.1. The Morgan fingerprint density at radius 2 is 2.00 bits per heavy atom. The van der Waals surface area contributed by atoms with Crippen molar-refractivity contribution in [3.05, 3.63) is 24.3 Å². The van der Waals surface area contributed by atoms with Crippen LogP contribution in [0.1, 0.15) is 32.1 Å². The van der Waals surface area contributed by atoms with Gasteiger partial charge >= 0.3 is 0 Å². The highest BCUT2D eigenvalue weighted by Gasteiger charge is 2.26. The Bertz CT molecular complexity index is 587. The van der Waals surface area contributed by atoms with Crippen LogP contribution in [0.2, 0.25) is 0 Å². The van der Waals surface area contributed by atoms with Gasteiger partial charge in [-0.15, -0.1) is 0 Å². The first kappa shape index (κ1) is 16.9. The Morgan fingerprint density at radius 3 is 2.72 bits per heavy atom. The Labute approximate surface area is 150 Å². The van der Waals surface area contributed by atoms with Gasteiger partial charge in [0, 0.05) is 56.6 Å². The summed E-state index contributed by atoms with van der Waals surface area (Å²) in [6.07, 6.45) is 5.72. The summed E-state index contributed by atoms with van der Waals surface area (Å²) in [5, 5.41) is 6.46. The minimum atomic E-state index is 0.116. The molecule has 1 aromatic rings. The fraction of sp³-hybridized carbons (Fsp3) is 0.650. The average Bonchev–Trinajstić information content (AvgIpc) is 3.29. The van der Waals surface area contributed by atoms with Gasteiger partial charge in [0.25, 0.3) is 0 Å². The maximum absolute atomic E-state index is 12.2. The van der Waals surface area contributed by atoms with Gasteiger partial charge in [-0.05, 0) is 56.3 Å². The van der Waals surface area contributed by atoms with Gasteiger partial charge in [-0.2, -0.15) is 0 Å². The molecule has 5 nitrogen and oxygen atoms in total. The molecule has 2 N–H and O–H groups in total. The van der Waals surface area contributed by atoms with E-state index >= 15 is 0 Å². The number of amides is 1. The van der Waals surface area contributed by atoms with Crippen LogP contribution in [0.15, 0.2) is 24.3 Å². The van der Waals surface area contributed by atoms with E-state index in [1.165, 1.54) is 31.5 Å². The summed E-state index contributed by atoms with van der Waals surface area (Å²) in [7, 11) is 0. The molecule has 0 radical (unpaired) electrons. The van der Waals surface area contributed by atoms with Gasteiger partial charge in [0.1, 0.15) is 0 Å².